The van der Waals surface area contributed by atoms with Crippen LogP contribution in [0.5, 0.6) is 5.75 Å². The summed E-state index contributed by atoms with van der Waals surface area (Å²) in [4.78, 5) is 64.1. The second-order valence-electron chi connectivity index (χ2n) is 15.1. The smallest absolute Gasteiger partial charge is 0.329 e. The Morgan fingerprint density at radius 2 is 1.52 bits per heavy atom. The molecule has 0 unspecified atom stereocenters. The summed E-state index contributed by atoms with van der Waals surface area (Å²) in [5.41, 5.74) is 1.81. The maximum absolute atomic E-state index is 16.2. The molecule has 3 aliphatic rings. The number of aliphatic hydroxyl groups excluding tert-OH is 1. The van der Waals surface area contributed by atoms with Gasteiger partial charge in [-0.2, -0.15) is 0 Å². The van der Waals surface area contributed by atoms with E-state index in [1.165, 1.54) is 18.2 Å². The predicted octanol–water partition coefficient (Wildman–Crippen LogP) is 6.56. The highest BCUT2D eigenvalue weighted by Gasteiger charge is 2.75. The van der Waals surface area contributed by atoms with Crippen LogP contribution in [0.1, 0.15) is 71.0 Å². The highest BCUT2D eigenvalue weighted by atomic mass is 16.6. The molecule has 0 saturated carbocycles. The van der Waals surface area contributed by atoms with Gasteiger partial charge in [0, 0.05) is 18.5 Å². The summed E-state index contributed by atoms with van der Waals surface area (Å²) in [6.45, 7) is 5.47. The van der Waals surface area contributed by atoms with Gasteiger partial charge in [0.25, 0.3) is 0 Å². The molecule has 0 aliphatic carbocycles. The fraction of sp³-hybridized carbons (Fsp3) is 0.224. The molecule has 7 atom stereocenters. The van der Waals surface area contributed by atoms with Crippen LogP contribution in [0.3, 0.4) is 0 Å². The predicted molar refractivity (Wildman–Crippen MR) is 225 cm³/mol. The van der Waals surface area contributed by atoms with E-state index in [2.05, 4.69) is 29.1 Å². The Morgan fingerprint density at radius 3 is 2.17 bits per heavy atom. The Morgan fingerprint density at radius 1 is 0.867 bits per heavy atom. The summed E-state index contributed by atoms with van der Waals surface area (Å²) in [5, 5.41) is 26.1. The van der Waals surface area contributed by atoms with E-state index in [9.17, 15) is 15.0 Å². The molecule has 11 nitrogen and oxygen atoms in total. The number of nitrogens with one attached hydrogen (secondary N) is 2. The van der Waals surface area contributed by atoms with Crippen LogP contribution < -0.4 is 15.5 Å². The fourth-order valence-electron chi connectivity index (χ4n) is 9.22. The number of ether oxygens (including phenoxy) is 1. The standard InChI is InChI=1S/C49H44N4O7/c1-3-28-50-45(56)40-42-46(57)60-43(35-20-11-6-12-21-35)41(34-18-9-5-10-19-34)53(42)44(36-23-25-37(55)26-24-36)49(40)38-30-32(15-13-14-29-54)22-27-39(38)52(47(49)58)48(59)51-31(2)33-16-7-4-8-17-33/h3-12,16-27,30-31,40-44,54-55H,1,14,28-29H2,2H3,(H,50,56)(H,51,59)/t31-,40-,41-,42-,43+,44+,49-/m1/s1. The molecule has 1 spiro atoms. The van der Waals surface area contributed by atoms with E-state index in [-0.39, 0.29) is 31.0 Å². The highest BCUT2D eigenvalue weighted by Crippen LogP contribution is 2.66. The van der Waals surface area contributed by atoms with Crippen LogP contribution >= 0.6 is 0 Å². The van der Waals surface area contributed by atoms with Crippen LogP contribution in [0.4, 0.5) is 10.5 Å². The van der Waals surface area contributed by atoms with Gasteiger partial charge in [-0.15, -0.1) is 6.58 Å². The van der Waals surface area contributed by atoms with Crippen molar-refractivity contribution < 1.29 is 34.1 Å². The highest BCUT2D eigenvalue weighted by molar-refractivity contribution is 6.24. The number of rotatable bonds is 9. The normalized spacial score (nSPS) is 23.4. The quantitative estimate of drug-likeness (QED) is 0.0745. The van der Waals surface area contributed by atoms with Gasteiger partial charge in [0.2, 0.25) is 11.8 Å². The molecule has 60 heavy (non-hydrogen) atoms. The first-order chi connectivity index (χ1) is 29.2. The van der Waals surface area contributed by atoms with Crippen molar-refractivity contribution in [2.24, 2.45) is 5.92 Å². The van der Waals surface area contributed by atoms with Crippen molar-refractivity contribution in [1.29, 1.82) is 0 Å². The van der Waals surface area contributed by atoms with Crippen LogP contribution in [-0.4, -0.2) is 58.1 Å². The van der Waals surface area contributed by atoms with Crippen LogP contribution in [0, 0.1) is 17.8 Å². The van der Waals surface area contributed by atoms with Gasteiger partial charge in [-0.25, -0.2) is 9.69 Å². The number of benzene rings is 5. The molecular formula is C49H44N4O7. The molecule has 0 aromatic heterocycles. The van der Waals surface area contributed by atoms with Crippen molar-refractivity contribution >= 4 is 29.5 Å². The number of phenols is 1. The lowest BCUT2D eigenvalue weighted by atomic mass is 9.65. The molecule has 4 amide bonds. The molecule has 5 aromatic carbocycles. The number of esters is 1. The van der Waals surface area contributed by atoms with Gasteiger partial charge in [0.15, 0.2) is 0 Å². The summed E-state index contributed by atoms with van der Waals surface area (Å²) < 4.78 is 6.46. The van der Waals surface area contributed by atoms with E-state index in [1.54, 1.807) is 30.3 Å². The van der Waals surface area contributed by atoms with E-state index in [0.29, 0.717) is 22.3 Å². The van der Waals surface area contributed by atoms with Gasteiger partial charge in [0.05, 0.1) is 36.3 Å². The number of amides is 4. The second kappa shape index (κ2) is 16.7. The third-order valence-corrected chi connectivity index (χ3v) is 11.7. The Kier molecular flexibility index (Phi) is 11.1. The molecule has 0 bridgehead atoms. The number of phenolic OH excluding ortho intramolecular Hbond substituents is 1. The van der Waals surface area contributed by atoms with E-state index >= 15 is 14.4 Å². The van der Waals surface area contributed by atoms with Crippen LogP contribution in [0.2, 0.25) is 0 Å². The van der Waals surface area contributed by atoms with Gasteiger partial charge in [-0.1, -0.05) is 121 Å². The number of anilines is 1. The summed E-state index contributed by atoms with van der Waals surface area (Å²) in [6.07, 6.45) is 0.814. The first-order valence-corrected chi connectivity index (χ1v) is 19.9. The number of morpholine rings is 1. The minimum absolute atomic E-state index is 0.0261. The summed E-state index contributed by atoms with van der Waals surface area (Å²) >= 11 is 0. The Balaban J connectivity index is 1.43. The monoisotopic (exact) mass is 800 g/mol. The lowest BCUT2D eigenvalue weighted by molar-refractivity contribution is -0.178. The molecule has 11 heteroatoms. The second-order valence-corrected chi connectivity index (χ2v) is 15.1. The molecule has 4 N–H and O–H groups in total. The van der Waals surface area contributed by atoms with Gasteiger partial charge < -0.3 is 25.6 Å². The van der Waals surface area contributed by atoms with Gasteiger partial charge in [0.1, 0.15) is 23.3 Å². The number of fused-ring (bicyclic) bond motifs is 3. The zero-order valence-electron chi connectivity index (χ0n) is 32.9. The zero-order valence-corrected chi connectivity index (χ0v) is 32.9. The summed E-state index contributed by atoms with van der Waals surface area (Å²) in [7, 11) is 0. The molecule has 8 rings (SSSR count). The van der Waals surface area contributed by atoms with E-state index in [1.807, 2.05) is 103 Å². The third-order valence-electron chi connectivity index (χ3n) is 11.7. The number of hydrogen-bond acceptors (Lipinski definition) is 8. The van der Waals surface area contributed by atoms with E-state index in [0.717, 1.165) is 16.0 Å². The average Bonchev–Trinajstić information content (AvgIpc) is 3.73. The topological polar surface area (TPSA) is 149 Å². The van der Waals surface area contributed by atoms with Crippen molar-refractivity contribution in [3.8, 4) is 17.6 Å². The van der Waals surface area contributed by atoms with Crippen LogP contribution in [-0.2, 0) is 24.5 Å². The lowest BCUT2D eigenvalue weighted by Gasteiger charge is -2.46. The Hall–Kier alpha value is -7.00. The maximum atomic E-state index is 16.2. The number of carbonyl (C=O) groups is 4. The van der Waals surface area contributed by atoms with Crippen molar-refractivity contribution in [1.82, 2.24) is 15.5 Å². The number of nitrogens with zero attached hydrogens (tertiary/aromatic N) is 2. The Labute approximate surface area is 348 Å². The van der Waals surface area contributed by atoms with Crippen LogP contribution in [0.15, 0.2) is 146 Å². The molecule has 5 aromatic rings. The van der Waals surface area contributed by atoms with Gasteiger partial charge in [-0.3, -0.25) is 19.3 Å². The number of carbonyl (C=O) groups excluding carboxylic acids is 4. The summed E-state index contributed by atoms with van der Waals surface area (Å²) in [6, 6.07) is 35.1. The minimum Gasteiger partial charge on any atom is -0.508 e. The molecule has 3 aliphatic heterocycles. The van der Waals surface area contributed by atoms with Crippen molar-refractivity contribution in [3.05, 3.63) is 179 Å². The number of imide groups is 1. The largest absolute Gasteiger partial charge is 0.508 e. The van der Waals surface area contributed by atoms with Crippen LogP contribution in [0.25, 0.3) is 0 Å². The van der Waals surface area contributed by atoms with Crippen molar-refractivity contribution in [3.63, 3.8) is 0 Å². The van der Waals surface area contributed by atoms with E-state index < -0.39 is 65.4 Å². The first-order valence-electron chi connectivity index (χ1n) is 19.9. The fourth-order valence-corrected chi connectivity index (χ4v) is 9.22. The SMILES string of the molecule is C=CCNC(=O)[C@H]1[C@@H]2C(=O)O[C@@H](c3ccccc3)[C@@H](c3ccccc3)N2[C@@H](c2ccc(O)cc2)[C@]12C(=O)N(C(=O)N[C@H](C)c1ccccc1)c1ccc(C#CCCO)cc12. The number of aliphatic hydroxyl groups is 1. The lowest BCUT2D eigenvalue weighted by Crippen LogP contribution is -2.56. The van der Waals surface area contributed by atoms with Crippen molar-refractivity contribution in [2.75, 3.05) is 18.1 Å². The molecular weight excluding hydrogens is 757 g/mol. The minimum atomic E-state index is -1.97. The number of aromatic hydroxyl groups is 1. The zero-order chi connectivity index (χ0) is 42.0. The molecule has 3 heterocycles. The molecule has 302 valence electrons. The third kappa shape index (κ3) is 6.79. The van der Waals surface area contributed by atoms with E-state index in [4.69, 9.17) is 4.74 Å². The maximum Gasteiger partial charge on any atom is 0.329 e. The number of cyclic esters (lactones) is 1. The summed E-state index contributed by atoms with van der Waals surface area (Å²) in [5.74, 6) is 2.47. The molecule has 0 radical (unpaired) electrons. The number of hydrogen-bond donors (Lipinski definition) is 4. The molecule has 2 saturated heterocycles. The molecule has 2 fully saturated rings. The first kappa shape index (κ1) is 39.8. The Bertz CT molecular complexity index is 2490. The average molecular weight is 801 g/mol. The van der Waals surface area contributed by atoms with Crippen molar-refractivity contribution in [2.45, 2.75) is 49.0 Å². The number of urea groups is 1. The van der Waals surface area contributed by atoms with Gasteiger partial charge in [-0.05, 0) is 65.1 Å². The van der Waals surface area contributed by atoms with Gasteiger partial charge >= 0.3 is 12.0 Å².